The molecule has 1 aromatic carbocycles. The predicted octanol–water partition coefficient (Wildman–Crippen LogP) is -0.373. The maximum absolute atomic E-state index is 13.6. The lowest BCUT2D eigenvalue weighted by atomic mass is 9.96. The van der Waals surface area contributed by atoms with Gasteiger partial charge in [0.25, 0.3) is 15.9 Å². The Hall–Kier alpha value is -4.04. The molecule has 4 rings (SSSR count). The Kier molecular flexibility index (Phi) is 8.16. The van der Waals surface area contributed by atoms with Gasteiger partial charge in [-0.25, -0.2) is 18.1 Å². The summed E-state index contributed by atoms with van der Waals surface area (Å²) >= 11 is 0. The molecule has 14 heteroatoms. The third-order valence-electron chi connectivity index (χ3n) is 6.61. The highest BCUT2D eigenvalue weighted by Crippen LogP contribution is 2.23. The van der Waals surface area contributed by atoms with Gasteiger partial charge in [0.15, 0.2) is 5.03 Å². The van der Waals surface area contributed by atoms with Crippen molar-refractivity contribution in [1.29, 1.82) is 0 Å². The first-order valence-corrected chi connectivity index (χ1v) is 13.9. The molecule has 0 bridgehead atoms. The zero-order chi connectivity index (χ0) is 28.3. The highest BCUT2D eigenvalue weighted by Gasteiger charge is 2.40. The third-order valence-corrected chi connectivity index (χ3v) is 8.01. The van der Waals surface area contributed by atoms with E-state index >= 15 is 0 Å². The van der Waals surface area contributed by atoms with Gasteiger partial charge in [-0.05, 0) is 31.4 Å². The van der Waals surface area contributed by atoms with Gasteiger partial charge in [0.1, 0.15) is 17.8 Å². The Morgan fingerprint density at radius 2 is 1.90 bits per heavy atom. The Morgan fingerprint density at radius 3 is 2.49 bits per heavy atom. The molecule has 1 aliphatic rings. The number of carbonyl (C=O) groups excluding carboxylic acids is 3. The number of aromatic nitrogens is 4. The number of sulfonamides is 1. The van der Waals surface area contributed by atoms with Gasteiger partial charge in [-0.2, -0.15) is 5.10 Å². The molecule has 3 aromatic rings. The summed E-state index contributed by atoms with van der Waals surface area (Å²) in [5.74, 6) is -1.76. The molecule has 3 atom stereocenters. The van der Waals surface area contributed by atoms with Gasteiger partial charge >= 0.3 is 0 Å². The van der Waals surface area contributed by atoms with Crippen LogP contribution in [0.3, 0.4) is 0 Å². The maximum Gasteiger partial charge on any atom is 0.272 e. The minimum atomic E-state index is -3.96. The smallest absolute Gasteiger partial charge is 0.272 e. The van der Waals surface area contributed by atoms with E-state index < -0.39 is 45.9 Å². The topological polar surface area (TPSA) is 174 Å². The number of imidazole rings is 1. The number of likely N-dealkylation sites (tertiary alicyclic amines) is 1. The van der Waals surface area contributed by atoms with E-state index in [4.69, 9.17) is 5.73 Å². The predicted molar refractivity (Wildman–Crippen MR) is 141 cm³/mol. The average Bonchev–Trinajstić information content (AvgIpc) is 3.48. The summed E-state index contributed by atoms with van der Waals surface area (Å²) in [6.45, 7) is 1.84. The summed E-state index contributed by atoms with van der Waals surface area (Å²) in [6.07, 6.45) is 3.16. The fourth-order valence-electron chi connectivity index (χ4n) is 4.67. The minimum Gasteiger partial charge on any atom is -0.368 e. The molecule has 0 spiro atoms. The van der Waals surface area contributed by atoms with Crippen molar-refractivity contribution in [3.8, 4) is 0 Å². The average molecular weight is 557 g/mol. The van der Waals surface area contributed by atoms with Crippen LogP contribution in [0.5, 0.6) is 0 Å². The first-order valence-electron chi connectivity index (χ1n) is 12.4. The van der Waals surface area contributed by atoms with Crippen LogP contribution in [0.15, 0.2) is 53.9 Å². The molecule has 1 fully saturated rings. The van der Waals surface area contributed by atoms with E-state index in [-0.39, 0.29) is 36.5 Å². The van der Waals surface area contributed by atoms with Crippen molar-refractivity contribution < 1.29 is 22.8 Å². The summed E-state index contributed by atoms with van der Waals surface area (Å²) in [4.78, 5) is 44.6. The summed E-state index contributed by atoms with van der Waals surface area (Å²) in [5.41, 5.74) is 7.32. The first-order chi connectivity index (χ1) is 18.4. The zero-order valence-corrected chi connectivity index (χ0v) is 22.8. The van der Waals surface area contributed by atoms with Crippen molar-refractivity contribution in [3.63, 3.8) is 0 Å². The second-order valence-electron chi connectivity index (χ2n) is 9.68. The van der Waals surface area contributed by atoms with Crippen LogP contribution in [0.2, 0.25) is 0 Å². The number of nitrogens with one attached hydrogen (secondary N) is 2. The summed E-state index contributed by atoms with van der Waals surface area (Å²) in [5, 5.41) is 6.76. The van der Waals surface area contributed by atoms with E-state index in [0.717, 1.165) is 5.56 Å². The SMILES string of the molecule is Cc1cc(C(=O)N2CCC(NS(=O)(=O)c3cn(C)cn3)CC2C(=O)NC(Cc2ccccc2)C(N)=O)n(C)n1. The number of piperidine rings is 1. The molecule has 2 aromatic heterocycles. The van der Waals surface area contributed by atoms with Crippen molar-refractivity contribution in [2.24, 2.45) is 19.8 Å². The van der Waals surface area contributed by atoms with Gasteiger partial charge in [-0.15, -0.1) is 0 Å². The van der Waals surface area contributed by atoms with Crippen LogP contribution in [0.25, 0.3) is 0 Å². The number of benzene rings is 1. The van der Waals surface area contributed by atoms with Gasteiger partial charge < -0.3 is 20.5 Å². The number of amides is 3. The molecule has 4 N–H and O–H groups in total. The van der Waals surface area contributed by atoms with Gasteiger partial charge in [0.05, 0.1) is 12.0 Å². The molecular weight excluding hydrogens is 524 g/mol. The van der Waals surface area contributed by atoms with E-state index in [1.54, 1.807) is 27.1 Å². The van der Waals surface area contributed by atoms with Crippen molar-refractivity contribution in [2.75, 3.05) is 6.54 Å². The highest BCUT2D eigenvalue weighted by atomic mass is 32.2. The lowest BCUT2D eigenvalue weighted by Crippen LogP contribution is -2.60. The molecule has 3 heterocycles. The molecule has 208 valence electrons. The van der Waals surface area contributed by atoms with Crippen LogP contribution < -0.4 is 15.8 Å². The number of hydrogen-bond donors (Lipinski definition) is 3. The van der Waals surface area contributed by atoms with Crippen LogP contribution in [0.1, 0.15) is 34.6 Å². The lowest BCUT2D eigenvalue weighted by molar-refractivity contribution is -0.131. The summed E-state index contributed by atoms with van der Waals surface area (Å²) in [6, 6.07) is 7.93. The molecule has 39 heavy (non-hydrogen) atoms. The minimum absolute atomic E-state index is 0.0166. The molecule has 1 saturated heterocycles. The fraction of sp³-hybridized carbons (Fsp3) is 0.400. The van der Waals surface area contributed by atoms with Crippen molar-refractivity contribution >= 4 is 27.7 Å². The quantitative estimate of drug-likeness (QED) is 0.322. The molecule has 13 nitrogen and oxygen atoms in total. The molecular formula is C25H32N8O5S. The highest BCUT2D eigenvalue weighted by molar-refractivity contribution is 7.89. The van der Waals surface area contributed by atoms with E-state index in [2.05, 4.69) is 20.1 Å². The van der Waals surface area contributed by atoms with Crippen molar-refractivity contribution in [2.45, 2.75) is 49.3 Å². The standard InChI is InChI=1S/C25H32N8O5S/c1-16-11-21(32(3)29-16)25(36)33-10-9-18(30-39(37,38)22-14-31(2)15-27-22)13-20(33)24(35)28-19(23(26)34)12-17-7-5-4-6-8-17/h4-8,11,14-15,18-20,30H,9-10,12-13H2,1-3H3,(H2,26,34)(H,28,35). The number of nitrogens with zero attached hydrogens (tertiary/aromatic N) is 5. The van der Waals surface area contributed by atoms with Crippen LogP contribution in [0, 0.1) is 6.92 Å². The van der Waals surface area contributed by atoms with Crippen LogP contribution >= 0.6 is 0 Å². The lowest BCUT2D eigenvalue weighted by Gasteiger charge is -2.39. The second-order valence-corrected chi connectivity index (χ2v) is 11.3. The molecule has 1 aliphatic heterocycles. The molecule has 0 radical (unpaired) electrons. The van der Waals surface area contributed by atoms with E-state index in [0.29, 0.717) is 5.69 Å². The molecule has 3 amide bonds. The monoisotopic (exact) mass is 556 g/mol. The number of primary amides is 1. The van der Waals surface area contributed by atoms with Crippen LogP contribution in [-0.2, 0) is 40.1 Å². The van der Waals surface area contributed by atoms with Gasteiger partial charge in [0, 0.05) is 39.3 Å². The normalized spacial score (nSPS) is 18.5. The van der Waals surface area contributed by atoms with Crippen LogP contribution in [0.4, 0.5) is 0 Å². The second kappa shape index (κ2) is 11.4. The largest absolute Gasteiger partial charge is 0.368 e. The number of nitrogens with two attached hydrogens (primary N) is 1. The van der Waals surface area contributed by atoms with Crippen molar-refractivity contribution in [1.82, 2.24) is 34.3 Å². The Balaban J connectivity index is 1.58. The number of rotatable bonds is 9. The molecule has 0 saturated carbocycles. The van der Waals surface area contributed by atoms with E-state index in [1.807, 2.05) is 30.3 Å². The Bertz CT molecular complexity index is 1470. The Morgan fingerprint density at radius 1 is 1.18 bits per heavy atom. The van der Waals surface area contributed by atoms with Gasteiger partial charge in [0.2, 0.25) is 11.8 Å². The first kappa shape index (κ1) is 28.0. The molecule has 0 aliphatic carbocycles. The van der Waals surface area contributed by atoms with E-state index in [1.165, 1.54) is 26.7 Å². The van der Waals surface area contributed by atoms with Gasteiger partial charge in [-0.1, -0.05) is 30.3 Å². The Labute approximate surface area is 226 Å². The number of hydrogen-bond acceptors (Lipinski definition) is 7. The van der Waals surface area contributed by atoms with E-state index in [9.17, 15) is 22.8 Å². The summed E-state index contributed by atoms with van der Waals surface area (Å²) < 4.78 is 31.4. The van der Waals surface area contributed by atoms with Gasteiger partial charge in [-0.3, -0.25) is 19.1 Å². The number of carbonyl (C=O) groups is 3. The maximum atomic E-state index is 13.6. The van der Waals surface area contributed by atoms with Crippen LogP contribution in [-0.4, -0.2) is 75.0 Å². The number of aryl methyl sites for hydroxylation is 3. The summed E-state index contributed by atoms with van der Waals surface area (Å²) in [7, 11) is -0.679. The van der Waals surface area contributed by atoms with Crippen molar-refractivity contribution in [3.05, 3.63) is 65.9 Å². The fourth-order valence-corrected chi connectivity index (χ4v) is 5.93. The molecule has 3 unspecified atom stereocenters. The third kappa shape index (κ3) is 6.52. The zero-order valence-electron chi connectivity index (χ0n) is 21.9.